The van der Waals surface area contributed by atoms with E-state index in [0.29, 0.717) is 0 Å². The molecule has 3 nitrogen and oxygen atoms in total. The van der Waals surface area contributed by atoms with Gasteiger partial charge in [-0.25, -0.2) is 4.98 Å². The molecular formula is C14H19N3S. The molecule has 2 rings (SSSR count). The fraction of sp³-hybridized carbons (Fsp3) is 0.357. The molecule has 4 heteroatoms. The lowest BCUT2D eigenvalue weighted by atomic mass is 10.3. The smallest absolute Gasteiger partial charge is 0.128 e. The first-order chi connectivity index (χ1) is 8.79. The van der Waals surface area contributed by atoms with Gasteiger partial charge in [0.25, 0.3) is 0 Å². The van der Waals surface area contributed by atoms with Crippen LogP contribution in [0.4, 0.5) is 11.6 Å². The first-order valence-electron chi connectivity index (χ1n) is 6.27. The van der Waals surface area contributed by atoms with Crippen LogP contribution in [0, 0.1) is 6.92 Å². The third kappa shape index (κ3) is 3.47. The van der Waals surface area contributed by atoms with Crippen molar-refractivity contribution in [1.82, 2.24) is 4.98 Å². The molecule has 0 saturated carbocycles. The van der Waals surface area contributed by atoms with Gasteiger partial charge in [-0.3, -0.25) is 0 Å². The Morgan fingerprint density at radius 1 is 1.17 bits per heavy atom. The van der Waals surface area contributed by atoms with Crippen LogP contribution in [-0.2, 0) is 6.54 Å². The van der Waals surface area contributed by atoms with Crippen molar-refractivity contribution < 1.29 is 0 Å². The molecule has 96 valence electrons. The molecule has 0 spiro atoms. The third-order valence-corrected chi connectivity index (χ3v) is 3.73. The molecule has 0 aliphatic rings. The Bertz CT molecular complexity index is 493. The van der Waals surface area contributed by atoms with E-state index in [2.05, 4.69) is 40.9 Å². The largest absolute Gasteiger partial charge is 0.370 e. The van der Waals surface area contributed by atoms with Crippen LogP contribution < -0.4 is 10.6 Å². The quantitative estimate of drug-likeness (QED) is 0.828. The standard InChI is InChI=1S/C14H19N3S/c1-3-8-15-13-5-4-6-14(17-13)16-10-12-11(2)7-9-18-12/h4-7,9H,3,8,10H2,1-2H3,(H2,15,16,17). The Hall–Kier alpha value is -1.55. The minimum absolute atomic E-state index is 0.841. The van der Waals surface area contributed by atoms with Crippen LogP contribution in [0.2, 0.25) is 0 Å². The van der Waals surface area contributed by atoms with Gasteiger partial charge in [0.15, 0.2) is 0 Å². The van der Waals surface area contributed by atoms with Crippen LogP contribution in [0.15, 0.2) is 29.6 Å². The summed E-state index contributed by atoms with van der Waals surface area (Å²) in [6, 6.07) is 8.17. The van der Waals surface area contributed by atoms with Crippen molar-refractivity contribution in [3.05, 3.63) is 40.1 Å². The fourth-order valence-corrected chi connectivity index (χ4v) is 2.49. The minimum atomic E-state index is 0.841. The Kier molecular flexibility index (Phi) is 4.59. The summed E-state index contributed by atoms with van der Waals surface area (Å²) in [6.07, 6.45) is 1.10. The highest BCUT2D eigenvalue weighted by molar-refractivity contribution is 7.10. The number of hydrogen-bond acceptors (Lipinski definition) is 4. The summed E-state index contributed by atoms with van der Waals surface area (Å²) in [5.74, 6) is 1.86. The summed E-state index contributed by atoms with van der Waals surface area (Å²) in [4.78, 5) is 5.89. The molecule has 0 aromatic carbocycles. The summed E-state index contributed by atoms with van der Waals surface area (Å²) in [5.41, 5.74) is 1.34. The number of aromatic nitrogens is 1. The zero-order chi connectivity index (χ0) is 12.8. The third-order valence-electron chi connectivity index (χ3n) is 2.70. The average Bonchev–Trinajstić information content (AvgIpc) is 2.80. The van der Waals surface area contributed by atoms with Crippen molar-refractivity contribution in [2.24, 2.45) is 0 Å². The van der Waals surface area contributed by atoms with Crippen molar-refractivity contribution in [1.29, 1.82) is 0 Å². The van der Waals surface area contributed by atoms with Crippen LogP contribution in [-0.4, -0.2) is 11.5 Å². The molecule has 0 amide bonds. The molecule has 18 heavy (non-hydrogen) atoms. The maximum atomic E-state index is 4.52. The van der Waals surface area contributed by atoms with Crippen molar-refractivity contribution in [3.63, 3.8) is 0 Å². The zero-order valence-corrected chi connectivity index (χ0v) is 11.7. The topological polar surface area (TPSA) is 37.0 Å². The summed E-state index contributed by atoms with van der Waals surface area (Å²) in [5, 5.41) is 8.78. The molecule has 0 saturated heterocycles. The lowest BCUT2D eigenvalue weighted by Gasteiger charge is -2.08. The first-order valence-corrected chi connectivity index (χ1v) is 7.15. The highest BCUT2D eigenvalue weighted by Crippen LogP contribution is 2.17. The van der Waals surface area contributed by atoms with Gasteiger partial charge in [0, 0.05) is 11.4 Å². The van der Waals surface area contributed by atoms with E-state index in [0.717, 1.165) is 31.1 Å². The normalized spacial score (nSPS) is 10.3. The second-order valence-corrected chi connectivity index (χ2v) is 5.22. The van der Waals surface area contributed by atoms with E-state index < -0.39 is 0 Å². The van der Waals surface area contributed by atoms with Gasteiger partial charge < -0.3 is 10.6 Å². The lowest BCUT2D eigenvalue weighted by molar-refractivity contribution is 0.968. The molecular weight excluding hydrogens is 242 g/mol. The molecule has 2 heterocycles. The number of anilines is 2. The summed E-state index contributed by atoms with van der Waals surface area (Å²) in [6.45, 7) is 6.09. The molecule has 2 aromatic rings. The van der Waals surface area contributed by atoms with Crippen LogP contribution in [0.1, 0.15) is 23.8 Å². The first kappa shape index (κ1) is 12.9. The Labute approximate surface area is 112 Å². The van der Waals surface area contributed by atoms with E-state index in [4.69, 9.17) is 0 Å². The number of nitrogens with zero attached hydrogens (tertiary/aromatic N) is 1. The van der Waals surface area contributed by atoms with E-state index in [9.17, 15) is 0 Å². The molecule has 0 radical (unpaired) electrons. The van der Waals surface area contributed by atoms with Gasteiger partial charge in [0.2, 0.25) is 0 Å². The minimum Gasteiger partial charge on any atom is -0.370 e. The van der Waals surface area contributed by atoms with Gasteiger partial charge in [-0.2, -0.15) is 0 Å². The van der Waals surface area contributed by atoms with Crippen molar-refractivity contribution in [3.8, 4) is 0 Å². The van der Waals surface area contributed by atoms with Gasteiger partial charge in [0.05, 0.1) is 6.54 Å². The van der Waals surface area contributed by atoms with E-state index in [1.807, 2.05) is 18.2 Å². The van der Waals surface area contributed by atoms with Crippen molar-refractivity contribution in [2.45, 2.75) is 26.8 Å². The predicted octanol–water partition coefficient (Wildman–Crippen LogP) is 3.89. The Morgan fingerprint density at radius 2 is 1.94 bits per heavy atom. The maximum absolute atomic E-state index is 4.52. The van der Waals surface area contributed by atoms with E-state index in [1.165, 1.54) is 10.4 Å². The predicted molar refractivity (Wildman–Crippen MR) is 79.4 cm³/mol. The van der Waals surface area contributed by atoms with Gasteiger partial charge in [0.1, 0.15) is 11.6 Å². The van der Waals surface area contributed by atoms with E-state index in [-0.39, 0.29) is 0 Å². The van der Waals surface area contributed by atoms with Crippen LogP contribution >= 0.6 is 11.3 Å². The Morgan fingerprint density at radius 3 is 2.61 bits per heavy atom. The summed E-state index contributed by atoms with van der Waals surface area (Å²) < 4.78 is 0. The number of rotatable bonds is 6. The average molecular weight is 261 g/mol. The molecule has 0 fully saturated rings. The monoisotopic (exact) mass is 261 g/mol. The highest BCUT2D eigenvalue weighted by Gasteiger charge is 2.01. The second-order valence-electron chi connectivity index (χ2n) is 4.22. The number of hydrogen-bond donors (Lipinski definition) is 2. The fourth-order valence-electron chi connectivity index (χ4n) is 1.64. The zero-order valence-electron chi connectivity index (χ0n) is 10.9. The van der Waals surface area contributed by atoms with Crippen molar-refractivity contribution >= 4 is 23.0 Å². The van der Waals surface area contributed by atoms with E-state index >= 15 is 0 Å². The summed E-state index contributed by atoms with van der Waals surface area (Å²) in [7, 11) is 0. The molecule has 0 bridgehead atoms. The Balaban J connectivity index is 1.95. The lowest BCUT2D eigenvalue weighted by Crippen LogP contribution is -2.05. The van der Waals surface area contributed by atoms with Crippen molar-refractivity contribution in [2.75, 3.05) is 17.2 Å². The molecule has 2 N–H and O–H groups in total. The van der Waals surface area contributed by atoms with Crippen LogP contribution in [0.5, 0.6) is 0 Å². The van der Waals surface area contributed by atoms with Gasteiger partial charge in [-0.1, -0.05) is 13.0 Å². The number of thiophene rings is 1. The second kappa shape index (κ2) is 6.40. The van der Waals surface area contributed by atoms with Gasteiger partial charge in [-0.05, 0) is 42.5 Å². The van der Waals surface area contributed by atoms with Crippen LogP contribution in [0.3, 0.4) is 0 Å². The molecule has 2 aromatic heterocycles. The van der Waals surface area contributed by atoms with Gasteiger partial charge in [-0.15, -0.1) is 11.3 Å². The molecule has 0 unspecified atom stereocenters. The number of nitrogens with one attached hydrogen (secondary N) is 2. The highest BCUT2D eigenvalue weighted by atomic mass is 32.1. The van der Waals surface area contributed by atoms with Crippen LogP contribution in [0.25, 0.3) is 0 Å². The number of pyridine rings is 1. The molecule has 0 aliphatic carbocycles. The number of aryl methyl sites for hydroxylation is 1. The SMILES string of the molecule is CCCNc1cccc(NCc2sccc2C)n1. The molecule has 0 aliphatic heterocycles. The molecule has 0 atom stereocenters. The van der Waals surface area contributed by atoms with E-state index in [1.54, 1.807) is 11.3 Å². The maximum Gasteiger partial charge on any atom is 0.128 e. The van der Waals surface area contributed by atoms with Gasteiger partial charge >= 0.3 is 0 Å². The summed E-state index contributed by atoms with van der Waals surface area (Å²) >= 11 is 1.78.